The van der Waals surface area contributed by atoms with Gasteiger partial charge in [-0.3, -0.25) is 4.79 Å². The molecule has 1 heterocycles. The smallest absolute Gasteiger partial charge is 0.307 e. The van der Waals surface area contributed by atoms with Crippen molar-refractivity contribution in [3.05, 3.63) is 46.7 Å². The molecule has 0 aromatic rings. The second-order valence-electron chi connectivity index (χ2n) is 5.41. The maximum absolute atomic E-state index is 13.0. The van der Waals surface area contributed by atoms with E-state index in [4.69, 9.17) is 5.11 Å². The molecule has 0 amide bonds. The molecule has 0 unspecified atom stereocenters. The monoisotopic (exact) mass is 342 g/mol. The molecule has 1 saturated carbocycles. The number of carboxylic acids is 1. The van der Waals surface area contributed by atoms with Crippen LogP contribution in [-0.2, 0) is 9.68 Å². The Morgan fingerprint density at radius 3 is 2.83 bits per heavy atom. The van der Waals surface area contributed by atoms with Gasteiger partial charge in [0.2, 0.25) is 0 Å². The van der Waals surface area contributed by atoms with E-state index in [-0.39, 0.29) is 42.1 Å². The summed E-state index contributed by atoms with van der Waals surface area (Å²) in [7, 11) is 0. The first kappa shape index (κ1) is 17.8. The topological polar surface area (TPSA) is 116 Å². The Bertz CT molecular complexity index is 703. The summed E-state index contributed by atoms with van der Waals surface area (Å²) < 4.78 is 26.0. The number of hydrogen-bond donors (Lipinski definition) is 4. The van der Waals surface area contributed by atoms with Gasteiger partial charge in [-0.15, -0.1) is 0 Å². The standard InChI is InChI=1S/C15H16F2N2O5/c1-7-13(20)11(9(4-18-7)6-24-23)5-19-12-3-8(15(21)22)2-10(12)14(16)17/h4-5,8,18,20,23H,2-3,6H2,1H3,(H,21,22)/b11-5-,19-12?/t8-/m0/s1. The molecule has 0 spiro atoms. The lowest BCUT2D eigenvalue weighted by Gasteiger charge is -2.19. The minimum Gasteiger partial charge on any atom is -0.723 e. The first-order chi connectivity index (χ1) is 11.3. The van der Waals surface area contributed by atoms with Gasteiger partial charge < -0.3 is 25.7 Å². The fourth-order valence-corrected chi connectivity index (χ4v) is 2.52. The molecule has 7 nitrogen and oxygen atoms in total. The quantitative estimate of drug-likeness (QED) is 0.408. The maximum Gasteiger partial charge on any atom is 0.307 e. The van der Waals surface area contributed by atoms with Crippen LogP contribution < -0.4 is 15.6 Å². The van der Waals surface area contributed by atoms with Crippen molar-refractivity contribution in [1.82, 2.24) is 5.32 Å². The molecule has 0 radical (unpaired) electrons. The Balaban J connectivity index is 2.39. The SMILES string of the molecule is CC1=C(O)/C(=C\[NH+]=C2C[C@@H](C(=O)O)CC2=C(F)F)C(CO[O-])=CN1. The first-order valence-electron chi connectivity index (χ1n) is 7.06. The lowest BCUT2D eigenvalue weighted by atomic mass is 10.0. The van der Waals surface area contributed by atoms with Crippen molar-refractivity contribution in [2.24, 2.45) is 5.92 Å². The van der Waals surface area contributed by atoms with E-state index in [1.807, 2.05) is 0 Å². The molecule has 2 aliphatic rings. The second kappa shape index (κ2) is 7.37. The summed E-state index contributed by atoms with van der Waals surface area (Å²) in [5, 5.41) is 32.2. The molecular formula is C15H16F2N2O5. The van der Waals surface area contributed by atoms with Gasteiger partial charge in [0.25, 0.3) is 6.08 Å². The number of halogens is 2. The fourth-order valence-electron chi connectivity index (χ4n) is 2.52. The van der Waals surface area contributed by atoms with E-state index in [9.17, 15) is 23.9 Å². The van der Waals surface area contributed by atoms with Crippen molar-refractivity contribution in [2.75, 3.05) is 6.61 Å². The summed E-state index contributed by atoms with van der Waals surface area (Å²) in [5.74, 6) is -2.25. The van der Waals surface area contributed by atoms with Crippen molar-refractivity contribution in [3.8, 4) is 0 Å². The van der Waals surface area contributed by atoms with Crippen LogP contribution in [0, 0.1) is 5.92 Å². The highest BCUT2D eigenvalue weighted by Crippen LogP contribution is 2.30. The Kier molecular flexibility index (Phi) is 5.47. The van der Waals surface area contributed by atoms with Crippen LogP contribution in [-0.4, -0.2) is 28.5 Å². The highest BCUT2D eigenvalue weighted by molar-refractivity contribution is 6.01. The number of allylic oxidation sites excluding steroid dienone is 3. The van der Waals surface area contributed by atoms with E-state index in [1.54, 1.807) is 6.92 Å². The average Bonchev–Trinajstić information content (AvgIpc) is 2.95. The lowest BCUT2D eigenvalue weighted by molar-refractivity contribution is -0.686. The number of nitrogens with one attached hydrogen (secondary N) is 2. The largest absolute Gasteiger partial charge is 0.723 e. The van der Waals surface area contributed by atoms with Gasteiger partial charge in [-0.05, 0) is 13.3 Å². The zero-order valence-corrected chi connectivity index (χ0v) is 12.7. The molecule has 4 N–H and O–H groups in total. The normalized spacial score (nSPS) is 24.4. The molecule has 130 valence electrons. The summed E-state index contributed by atoms with van der Waals surface area (Å²) in [6, 6.07) is 0. The average molecular weight is 342 g/mol. The van der Waals surface area contributed by atoms with E-state index in [1.165, 1.54) is 12.4 Å². The van der Waals surface area contributed by atoms with Crippen LogP contribution in [0.15, 0.2) is 46.7 Å². The lowest BCUT2D eigenvalue weighted by Crippen LogP contribution is -2.66. The Morgan fingerprint density at radius 1 is 1.54 bits per heavy atom. The summed E-state index contributed by atoms with van der Waals surface area (Å²) in [6.07, 6.45) is 0.418. The van der Waals surface area contributed by atoms with Gasteiger partial charge in [0, 0.05) is 18.2 Å². The van der Waals surface area contributed by atoms with Gasteiger partial charge >= 0.3 is 5.97 Å². The van der Waals surface area contributed by atoms with Crippen molar-refractivity contribution in [2.45, 2.75) is 19.8 Å². The van der Waals surface area contributed by atoms with Crippen LogP contribution in [0.5, 0.6) is 0 Å². The molecule has 1 atom stereocenters. The second-order valence-corrected chi connectivity index (χ2v) is 5.41. The third-order valence-electron chi connectivity index (χ3n) is 3.87. The number of dihydropyridines is 1. The van der Waals surface area contributed by atoms with Gasteiger partial charge in [-0.2, -0.15) is 8.78 Å². The molecule has 1 aliphatic carbocycles. The summed E-state index contributed by atoms with van der Waals surface area (Å²) in [6.45, 7) is 1.25. The van der Waals surface area contributed by atoms with Crippen LogP contribution in [0.2, 0.25) is 0 Å². The molecule has 2 rings (SSSR count). The molecular weight excluding hydrogens is 326 g/mol. The van der Waals surface area contributed by atoms with Gasteiger partial charge in [-0.1, -0.05) is 0 Å². The van der Waals surface area contributed by atoms with E-state index in [0.29, 0.717) is 11.3 Å². The molecule has 0 bridgehead atoms. The number of aliphatic hydroxyl groups is 1. The number of carbonyl (C=O) groups is 1. The minimum absolute atomic E-state index is 0.0706. The Hall–Kier alpha value is -2.52. The Labute approximate surface area is 135 Å². The van der Waals surface area contributed by atoms with Crippen LogP contribution in [0.1, 0.15) is 19.8 Å². The van der Waals surface area contributed by atoms with Crippen molar-refractivity contribution >= 4 is 11.7 Å². The van der Waals surface area contributed by atoms with Crippen LogP contribution >= 0.6 is 0 Å². The van der Waals surface area contributed by atoms with Gasteiger partial charge in [0.15, 0.2) is 11.9 Å². The molecule has 24 heavy (non-hydrogen) atoms. The molecule has 1 fully saturated rings. The maximum atomic E-state index is 13.0. The number of carboxylic acid groups (broad SMARTS) is 1. The van der Waals surface area contributed by atoms with Gasteiger partial charge in [0.1, 0.15) is 5.76 Å². The van der Waals surface area contributed by atoms with E-state index < -0.39 is 18.0 Å². The van der Waals surface area contributed by atoms with E-state index >= 15 is 0 Å². The van der Waals surface area contributed by atoms with Crippen LogP contribution in [0.4, 0.5) is 8.78 Å². The number of rotatable bonds is 4. The fraction of sp³-hybridized carbons (Fsp3) is 0.333. The highest BCUT2D eigenvalue weighted by atomic mass is 19.3. The highest BCUT2D eigenvalue weighted by Gasteiger charge is 2.37. The van der Waals surface area contributed by atoms with Gasteiger partial charge in [-0.25, -0.2) is 4.99 Å². The van der Waals surface area contributed by atoms with E-state index in [0.717, 1.165) is 0 Å². The summed E-state index contributed by atoms with van der Waals surface area (Å²) in [4.78, 5) is 17.5. The zero-order valence-electron chi connectivity index (χ0n) is 12.7. The Morgan fingerprint density at radius 2 is 2.25 bits per heavy atom. The number of aliphatic carboxylic acids is 1. The van der Waals surface area contributed by atoms with Crippen molar-refractivity contribution in [3.63, 3.8) is 0 Å². The predicted octanol–water partition coefficient (Wildman–Crippen LogP) is -0.394. The van der Waals surface area contributed by atoms with Crippen LogP contribution in [0.3, 0.4) is 0 Å². The van der Waals surface area contributed by atoms with Crippen molar-refractivity contribution in [1.29, 1.82) is 0 Å². The number of hydrogen-bond acceptors (Lipinski definition) is 5. The predicted molar refractivity (Wildman–Crippen MR) is 76.2 cm³/mol. The van der Waals surface area contributed by atoms with E-state index in [2.05, 4.69) is 15.2 Å². The summed E-state index contributed by atoms with van der Waals surface area (Å²) >= 11 is 0. The number of aliphatic hydroxyl groups excluding tert-OH is 1. The minimum atomic E-state index is -1.94. The van der Waals surface area contributed by atoms with Crippen LogP contribution in [0.25, 0.3) is 0 Å². The molecule has 1 aliphatic heterocycles. The first-order valence-corrected chi connectivity index (χ1v) is 7.06. The molecule has 0 aromatic carbocycles. The molecule has 0 aromatic heterocycles. The molecule has 9 heteroatoms. The third kappa shape index (κ3) is 3.69. The summed E-state index contributed by atoms with van der Waals surface area (Å²) in [5.41, 5.74) is 0.650. The van der Waals surface area contributed by atoms with Crippen molar-refractivity contribution < 1.29 is 38.9 Å². The van der Waals surface area contributed by atoms with Gasteiger partial charge in [0.05, 0.1) is 29.4 Å². The zero-order chi connectivity index (χ0) is 17.9. The third-order valence-corrected chi connectivity index (χ3v) is 3.87. The molecule has 0 saturated heterocycles.